The third-order valence-electron chi connectivity index (χ3n) is 3.36. The van der Waals surface area contributed by atoms with Gasteiger partial charge >= 0.3 is 0 Å². The Labute approximate surface area is 183 Å². The zero-order valence-corrected chi connectivity index (χ0v) is 17.8. The maximum absolute atomic E-state index is 12.2. The highest BCUT2D eigenvalue weighted by Gasteiger charge is 2.11. The van der Waals surface area contributed by atoms with Crippen molar-refractivity contribution in [3.63, 3.8) is 0 Å². The summed E-state index contributed by atoms with van der Waals surface area (Å²) in [5.74, 6) is -0.0672. The van der Waals surface area contributed by atoms with Gasteiger partial charge in [-0.15, -0.1) is 0 Å². The van der Waals surface area contributed by atoms with Gasteiger partial charge in [0.1, 0.15) is 11.5 Å². The number of carbonyl (C=O) groups excluding carboxylic acids is 2. The summed E-state index contributed by atoms with van der Waals surface area (Å²) in [4.78, 5) is 24.1. The quantitative estimate of drug-likeness (QED) is 0.437. The third kappa shape index (κ3) is 7.77. The van der Waals surface area contributed by atoms with Crippen LogP contribution in [0.5, 0.6) is 11.5 Å². The van der Waals surface area contributed by atoms with Crippen LogP contribution in [0.3, 0.4) is 0 Å². The molecule has 2 amide bonds. The lowest BCUT2D eigenvalue weighted by atomic mass is 10.2. The van der Waals surface area contributed by atoms with Crippen molar-refractivity contribution in [1.29, 1.82) is 0 Å². The van der Waals surface area contributed by atoms with Crippen LogP contribution in [-0.4, -0.2) is 30.1 Å². The first-order valence-corrected chi connectivity index (χ1v) is 9.76. The van der Waals surface area contributed by atoms with E-state index in [9.17, 15) is 9.59 Å². The fraction of sp³-hybridized carbons (Fsp3) is 0.211. The predicted octanol–water partition coefficient (Wildman–Crippen LogP) is 3.50. The molecular weight excluding hydrogens is 437 g/mol. The Morgan fingerprint density at radius 1 is 1.07 bits per heavy atom. The highest BCUT2D eigenvalue weighted by Crippen LogP contribution is 2.27. The number of ether oxygens (including phenoxy) is 2. The minimum atomic E-state index is -0.525. The third-order valence-corrected chi connectivity index (χ3v) is 4.10. The molecule has 0 radical (unpaired) electrons. The maximum Gasteiger partial charge on any atom is 0.276 e. The van der Waals surface area contributed by atoms with Gasteiger partial charge in [0.2, 0.25) is 0 Å². The molecule has 0 heterocycles. The molecule has 2 aromatic rings. The van der Waals surface area contributed by atoms with Gasteiger partial charge in [0.05, 0.1) is 11.6 Å². The molecular formula is C19H19Cl2N3O4S. The van der Waals surface area contributed by atoms with Crippen molar-refractivity contribution < 1.29 is 19.1 Å². The van der Waals surface area contributed by atoms with Crippen LogP contribution in [0.1, 0.15) is 23.7 Å². The summed E-state index contributed by atoms with van der Waals surface area (Å²) in [6.45, 7) is 2.23. The van der Waals surface area contributed by atoms with E-state index in [0.717, 1.165) is 6.42 Å². The van der Waals surface area contributed by atoms with E-state index >= 15 is 0 Å². The molecule has 0 bridgehead atoms. The molecule has 3 N–H and O–H groups in total. The molecule has 0 aliphatic rings. The SMILES string of the molecule is CCCOc1cccc(C(=O)NC(=S)NNC(=O)COc2ccc(Cl)cc2Cl)c1. The fourth-order valence-electron chi connectivity index (χ4n) is 2.05. The van der Waals surface area contributed by atoms with Crippen LogP contribution >= 0.6 is 35.4 Å². The van der Waals surface area contributed by atoms with Crippen LogP contribution in [-0.2, 0) is 4.79 Å². The van der Waals surface area contributed by atoms with Crippen LogP contribution < -0.4 is 25.6 Å². The molecule has 29 heavy (non-hydrogen) atoms. The summed E-state index contributed by atoms with van der Waals surface area (Å²) < 4.78 is 10.8. The Kier molecular flexibility index (Phi) is 8.98. The lowest BCUT2D eigenvalue weighted by Gasteiger charge is -2.12. The van der Waals surface area contributed by atoms with E-state index in [-0.39, 0.29) is 16.7 Å². The number of hydrazine groups is 1. The average molecular weight is 456 g/mol. The van der Waals surface area contributed by atoms with Gasteiger partial charge in [-0.3, -0.25) is 25.8 Å². The van der Waals surface area contributed by atoms with E-state index in [2.05, 4.69) is 16.2 Å². The molecule has 2 aromatic carbocycles. The van der Waals surface area contributed by atoms with E-state index in [1.54, 1.807) is 36.4 Å². The normalized spacial score (nSPS) is 10.0. The number of carbonyl (C=O) groups is 2. The second-order valence-electron chi connectivity index (χ2n) is 5.70. The van der Waals surface area contributed by atoms with E-state index in [0.29, 0.717) is 28.7 Å². The molecule has 0 spiro atoms. The number of amides is 2. The molecule has 0 aliphatic heterocycles. The number of halogens is 2. The van der Waals surface area contributed by atoms with Crippen molar-refractivity contribution in [3.05, 3.63) is 58.1 Å². The number of benzene rings is 2. The second kappa shape index (κ2) is 11.5. The monoisotopic (exact) mass is 455 g/mol. The highest BCUT2D eigenvalue weighted by atomic mass is 35.5. The molecule has 0 aromatic heterocycles. The summed E-state index contributed by atoms with van der Waals surface area (Å²) >= 11 is 16.8. The Balaban J connectivity index is 1.77. The first-order valence-electron chi connectivity index (χ1n) is 8.60. The molecule has 10 heteroatoms. The smallest absolute Gasteiger partial charge is 0.276 e. The Morgan fingerprint density at radius 3 is 2.59 bits per heavy atom. The van der Waals surface area contributed by atoms with Gasteiger partial charge in [0, 0.05) is 10.6 Å². The summed E-state index contributed by atoms with van der Waals surface area (Å²) in [5.41, 5.74) is 5.11. The standard InChI is InChI=1S/C19H19Cl2N3O4S/c1-2-8-27-14-5-3-4-12(9-14)18(26)22-19(29)24-23-17(25)11-28-16-7-6-13(20)10-15(16)21/h3-7,9-10H,2,8,11H2,1H3,(H,23,25)(H2,22,24,26,29). The van der Waals surface area contributed by atoms with Gasteiger partial charge in [-0.1, -0.05) is 36.2 Å². The Morgan fingerprint density at radius 2 is 1.86 bits per heavy atom. The van der Waals surface area contributed by atoms with Crippen molar-refractivity contribution in [2.75, 3.05) is 13.2 Å². The molecule has 0 aliphatic carbocycles. The predicted molar refractivity (Wildman–Crippen MR) is 116 cm³/mol. The zero-order valence-electron chi connectivity index (χ0n) is 15.5. The first kappa shape index (κ1) is 22.7. The topological polar surface area (TPSA) is 88.7 Å². The zero-order chi connectivity index (χ0) is 21.2. The summed E-state index contributed by atoms with van der Waals surface area (Å²) in [6.07, 6.45) is 0.859. The number of rotatable bonds is 7. The first-order chi connectivity index (χ1) is 13.9. The summed E-state index contributed by atoms with van der Waals surface area (Å²) in [6, 6.07) is 11.3. The maximum atomic E-state index is 12.2. The van der Waals surface area contributed by atoms with Gasteiger partial charge in [0.15, 0.2) is 11.7 Å². The molecule has 0 atom stereocenters. The lowest BCUT2D eigenvalue weighted by molar-refractivity contribution is -0.123. The Hall–Kier alpha value is -2.55. The number of nitrogens with one attached hydrogen (secondary N) is 3. The molecule has 0 unspecified atom stereocenters. The Bertz CT molecular complexity index is 896. The van der Waals surface area contributed by atoms with Crippen molar-refractivity contribution in [2.45, 2.75) is 13.3 Å². The molecule has 7 nitrogen and oxygen atoms in total. The summed E-state index contributed by atoms with van der Waals surface area (Å²) in [5, 5.41) is 3.12. The molecule has 154 valence electrons. The van der Waals surface area contributed by atoms with Crippen LogP contribution in [0, 0.1) is 0 Å². The highest BCUT2D eigenvalue weighted by molar-refractivity contribution is 7.80. The molecule has 0 saturated heterocycles. The largest absolute Gasteiger partial charge is 0.494 e. The van der Waals surface area contributed by atoms with E-state index < -0.39 is 11.8 Å². The molecule has 2 rings (SSSR count). The fourth-order valence-corrected chi connectivity index (χ4v) is 2.66. The van der Waals surface area contributed by atoms with E-state index in [4.69, 9.17) is 44.9 Å². The van der Waals surface area contributed by atoms with Gasteiger partial charge in [-0.2, -0.15) is 0 Å². The number of hydrogen-bond acceptors (Lipinski definition) is 5. The van der Waals surface area contributed by atoms with Gasteiger partial charge in [-0.25, -0.2) is 0 Å². The van der Waals surface area contributed by atoms with Gasteiger partial charge in [0.25, 0.3) is 11.8 Å². The minimum absolute atomic E-state index is 0.0762. The van der Waals surface area contributed by atoms with Crippen LogP contribution in [0.2, 0.25) is 10.0 Å². The van der Waals surface area contributed by atoms with Gasteiger partial charge in [-0.05, 0) is 55.0 Å². The number of thiocarbonyl (C=S) groups is 1. The minimum Gasteiger partial charge on any atom is -0.494 e. The van der Waals surface area contributed by atoms with Crippen LogP contribution in [0.4, 0.5) is 0 Å². The van der Waals surface area contributed by atoms with E-state index in [1.807, 2.05) is 6.92 Å². The van der Waals surface area contributed by atoms with E-state index in [1.165, 1.54) is 6.07 Å². The number of hydrogen-bond donors (Lipinski definition) is 3. The lowest BCUT2D eigenvalue weighted by Crippen LogP contribution is -2.49. The van der Waals surface area contributed by atoms with Crippen molar-refractivity contribution >= 4 is 52.3 Å². The average Bonchev–Trinajstić information content (AvgIpc) is 2.70. The van der Waals surface area contributed by atoms with Crippen molar-refractivity contribution in [2.24, 2.45) is 0 Å². The van der Waals surface area contributed by atoms with Gasteiger partial charge < -0.3 is 9.47 Å². The molecule has 0 fully saturated rings. The second-order valence-corrected chi connectivity index (χ2v) is 6.95. The van der Waals surface area contributed by atoms with Crippen LogP contribution in [0.15, 0.2) is 42.5 Å². The molecule has 0 saturated carbocycles. The van der Waals surface area contributed by atoms with Crippen LogP contribution in [0.25, 0.3) is 0 Å². The summed E-state index contributed by atoms with van der Waals surface area (Å²) in [7, 11) is 0. The van der Waals surface area contributed by atoms with Crippen molar-refractivity contribution in [3.8, 4) is 11.5 Å². The van der Waals surface area contributed by atoms with Crippen molar-refractivity contribution in [1.82, 2.24) is 16.2 Å².